The summed E-state index contributed by atoms with van der Waals surface area (Å²) in [7, 11) is 0. The predicted molar refractivity (Wildman–Crippen MR) is 156 cm³/mol. The van der Waals surface area contributed by atoms with Gasteiger partial charge >= 0.3 is 6.03 Å². The molecule has 0 saturated carbocycles. The number of benzene rings is 3. The average Bonchev–Trinajstić information content (AvgIpc) is 2.96. The van der Waals surface area contributed by atoms with E-state index in [4.69, 9.17) is 9.47 Å². The molecule has 3 aromatic rings. The number of nitrogens with one attached hydrogen (secondary N) is 3. The Morgan fingerprint density at radius 3 is 2.38 bits per heavy atom. The van der Waals surface area contributed by atoms with E-state index in [2.05, 4.69) is 16.0 Å². The van der Waals surface area contributed by atoms with E-state index in [-0.39, 0.29) is 18.4 Å². The van der Waals surface area contributed by atoms with E-state index in [1.807, 2.05) is 54.6 Å². The molecular weight excluding hydrogens is 510 g/mol. The Kier molecular flexibility index (Phi) is 14.0. The number of anilines is 2. The number of aliphatic hydroxyl groups excluding tert-OH is 2. The van der Waals surface area contributed by atoms with E-state index >= 15 is 0 Å². The summed E-state index contributed by atoms with van der Waals surface area (Å²) in [5, 5.41) is 38.0. The molecule has 9 nitrogen and oxygen atoms in total. The molecule has 0 spiro atoms. The first-order valence-corrected chi connectivity index (χ1v) is 13.7. The minimum Gasteiger partial charge on any atom is -0.508 e. The van der Waals surface area contributed by atoms with Crippen molar-refractivity contribution in [1.82, 2.24) is 5.32 Å². The maximum atomic E-state index is 12.2. The Balaban J connectivity index is 1.15. The van der Waals surface area contributed by atoms with Gasteiger partial charge in [-0.05, 0) is 79.8 Å². The number of para-hydroxylation sites is 1. The topological polar surface area (TPSA) is 132 Å². The van der Waals surface area contributed by atoms with Crippen LogP contribution in [0.25, 0.3) is 0 Å². The van der Waals surface area contributed by atoms with Gasteiger partial charge in [0.05, 0.1) is 19.3 Å². The number of carbonyl (C=O) groups excluding carboxylic acids is 1. The fourth-order valence-corrected chi connectivity index (χ4v) is 4.04. The number of hydrogen-bond acceptors (Lipinski definition) is 7. The van der Waals surface area contributed by atoms with Gasteiger partial charge in [0.25, 0.3) is 0 Å². The van der Waals surface area contributed by atoms with Crippen molar-refractivity contribution >= 4 is 17.4 Å². The summed E-state index contributed by atoms with van der Waals surface area (Å²) in [5.74, 6) is 0.0308. The first kappa shape index (κ1) is 31.1. The van der Waals surface area contributed by atoms with Gasteiger partial charge in [-0.15, -0.1) is 0 Å². The highest BCUT2D eigenvalue weighted by atomic mass is 16.5. The molecule has 2 amide bonds. The smallest absolute Gasteiger partial charge is 0.323 e. The van der Waals surface area contributed by atoms with Gasteiger partial charge in [-0.1, -0.05) is 36.4 Å². The standard InChI is InChI=1S/C31H41N3O6/c35-22-26-20-25(13-14-29(26)36)30(37)21-32-15-5-2-6-16-39-17-8-18-40-23-24-9-7-12-28(19-24)34-31(38)33-27-10-3-1-4-11-27/h1,3-4,7,9-14,19-20,30,32,35-37H,2,5-6,8,15-18,21-23H2,(H2,33,34,38)/t30-/m1/s1. The lowest BCUT2D eigenvalue weighted by molar-refractivity contribution is 0.0743. The van der Waals surface area contributed by atoms with Crippen molar-refractivity contribution in [1.29, 1.82) is 0 Å². The first-order chi connectivity index (χ1) is 19.5. The van der Waals surface area contributed by atoms with Crippen molar-refractivity contribution < 1.29 is 29.6 Å². The minimum atomic E-state index is -0.691. The van der Waals surface area contributed by atoms with Crippen LogP contribution in [0.3, 0.4) is 0 Å². The molecule has 0 bridgehead atoms. The van der Waals surface area contributed by atoms with Gasteiger partial charge in [0, 0.05) is 43.3 Å². The number of aliphatic hydroxyl groups is 2. The van der Waals surface area contributed by atoms with Crippen LogP contribution in [0.15, 0.2) is 72.8 Å². The molecule has 40 heavy (non-hydrogen) atoms. The van der Waals surface area contributed by atoms with Crippen LogP contribution in [-0.2, 0) is 22.7 Å². The molecule has 9 heteroatoms. The van der Waals surface area contributed by atoms with Crippen molar-refractivity contribution in [3.05, 3.63) is 89.5 Å². The number of aromatic hydroxyl groups is 1. The van der Waals surface area contributed by atoms with Crippen LogP contribution in [0.5, 0.6) is 5.75 Å². The number of urea groups is 1. The third-order valence-electron chi connectivity index (χ3n) is 6.20. The van der Waals surface area contributed by atoms with Crippen molar-refractivity contribution in [2.24, 2.45) is 0 Å². The van der Waals surface area contributed by atoms with Crippen LogP contribution < -0.4 is 16.0 Å². The summed E-state index contributed by atoms with van der Waals surface area (Å²) in [6, 6.07) is 21.4. The molecule has 0 aliphatic heterocycles. The molecule has 0 unspecified atom stereocenters. The number of carbonyl (C=O) groups is 1. The van der Waals surface area contributed by atoms with Crippen LogP contribution in [-0.4, -0.2) is 54.3 Å². The van der Waals surface area contributed by atoms with E-state index in [9.17, 15) is 20.1 Å². The van der Waals surface area contributed by atoms with Gasteiger partial charge in [-0.25, -0.2) is 4.79 Å². The molecule has 0 fully saturated rings. The highest BCUT2D eigenvalue weighted by Gasteiger charge is 2.10. The molecule has 0 saturated heterocycles. The Bertz CT molecular complexity index is 1140. The van der Waals surface area contributed by atoms with E-state index in [1.54, 1.807) is 12.1 Å². The lowest BCUT2D eigenvalue weighted by atomic mass is 10.1. The molecule has 0 aliphatic carbocycles. The molecule has 216 valence electrons. The van der Waals surface area contributed by atoms with Crippen molar-refractivity contribution in [3.63, 3.8) is 0 Å². The van der Waals surface area contributed by atoms with Crippen molar-refractivity contribution in [2.45, 2.75) is 45.0 Å². The number of hydrogen-bond donors (Lipinski definition) is 6. The number of amides is 2. The molecule has 0 aromatic heterocycles. The Morgan fingerprint density at radius 2 is 1.55 bits per heavy atom. The molecule has 3 rings (SSSR count). The van der Waals surface area contributed by atoms with Crippen LogP contribution in [0, 0.1) is 0 Å². The van der Waals surface area contributed by atoms with Gasteiger partial charge in [-0.2, -0.15) is 0 Å². The molecular formula is C31H41N3O6. The van der Waals surface area contributed by atoms with E-state index < -0.39 is 6.10 Å². The Hall–Kier alpha value is -3.47. The third-order valence-corrected chi connectivity index (χ3v) is 6.20. The zero-order valence-electron chi connectivity index (χ0n) is 22.9. The average molecular weight is 552 g/mol. The second-order valence-electron chi connectivity index (χ2n) is 9.49. The van der Waals surface area contributed by atoms with Gasteiger partial charge < -0.3 is 40.7 Å². The van der Waals surface area contributed by atoms with Crippen LogP contribution >= 0.6 is 0 Å². The van der Waals surface area contributed by atoms with Crippen LogP contribution in [0.1, 0.15) is 48.5 Å². The normalized spacial score (nSPS) is 11.8. The maximum absolute atomic E-state index is 12.2. The molecule has 0 heterocycles. The lowest BCUT2D eigenvalue weighted by Crippen LogP contribution is -2.22. The van der Waals surface area contributed by atoms with Gasteiger partial charge in [0.1, 0.15) is 5.75 Å². The van der Waals surface area contributed by atoms with E-state index in [0.717, 1.165) is 43.5 Å². The monoisotopic (exact) mass is 551 g/mol. The summed E-state index contributed by atoms with van der Waals surface area (Å²) >= 11 is 0. The quantitative estimate of drug-likeness (QED) is 0.123. The second-order valence-corrected chi connectivity index (χ2v) is 9.49. The number of phenols is 1. The predicted octanol–water partition coefficient (Wildman–Crippen LogP) is 4.95. The Labute approximate surface area is 236 Å². The summed E-state index contributed by atoms with van der Waals surface area (Å²) in [4.78, 5) is 12.2. The fourth-order valence-electron chi connectivity index (χ4n) is 4.04. The van der Waals surface area contributed by atoms with Crippen molar-refractivity contribution in [2.75, 3.05) is 43.5 Å². The van der Waals surface area contributed by atoms with E-state index in [0.29, 0.717) is 49.8 Å². The summed E-state index contributed by atoms with van der Waals surface area (Å²) in [6.45, 7) is 3.36. The first-order valence-electron chi connectivity index (χ1n) is 13.7. The molecule has 6 N–H and O–H groups in total. The molecule has 0 radical (unpaired) electrons. The summed E-state index contributed by atoms with van der Waals surface area (Å²) in [5.41, 5.74) is 3.50. The highest BCUT2D eigenvalue weighted by molar-refractivity contribution is 5.99. The fraction of sp³-hybridized carbons (Fsp3) is 0.387. The number of unbranched alkanes of at least 4 members (excludes halogenated alkanes) is 2. The molecule has 0 aliphatic rings. The largest absolute Gasteiger partial charge is 0.508 e. The number of ether oxygens (including phenoxy) is 2. The van der Waals surface area contributed by atoms with Crippen molar-refractivity contribution in [3.8, 4) is 5.75 Å². The SMILES string of the molecule is O=C(Nc1ccccc1)Nc1cccc(COCCCOCCCCCNC[C@@H](O)c2ccc(O)c(CO)c2)c1. The minimum absolute atomic E-state index is 0.0308. The zero-order valence-corrected chi connectivity index (χ0v) is 22.9. The summed E-state index contributed by atoms with van der Waals surface area (Å²) < 4.78 is 11.5. The van der Waals surface area contributed by atoms with Gasteiger partial charge in [-0.3, -0.25) is 0 Å². The summed E-state index contributed by atoms with van der Waals surface area (Å²) in [6.07, 6.45) is 3.11. The van der Waals surface area contributed by atoms with Crippen LogP contribution in [0.4, 0.5) is 16.2 Å². The third kappa shape index (κ3) is 11.7. The van der Waals surface area contributed by atoms with Gasteiger partial charge in [0.2, 0.25) is 0 Å². The highest BCUT2D eigenvalue weighted by Crippen LogP contribution is 2.22. The maximum Gasteiger partial charge on any atom is 0.323 e. The molecule has 1 atom stereocenters. The van der Waals surface area contributed by atoms with Crippen LogP contribution in [0.2, 0.25) is 0 Å². The second kappa shape index (κ2) is 18.0. The molecule has 3 aromatic carbocycles. The van der Waals surface area contributed by atoms with Gasteiger partial charge in [0.15, 0.2) is 0 Å². The Morgan fingerprint density at radius 1 is 0.800 bits per heavy atom. The zero-order chi connectivity index (χ0) is 28.4. The van der Waals surface area contributed by atoms with E-state index in [1.165, 1.54) is 6.07 Å². The number of rotatable bonds is 18. The lowest BCUT2D eigenvalue weighted by Gasteiger charge is -2.14.